The van der Waals surface area contributed by atoms with Gasteiger partial charge < -0.3 is 0 Å². The van der Waals surface area contributed by atoms with Crippen LogP contribution in [0.25, 0.3) is 0 Å². The van der Waals surface area contributed by atoms with E-state index in [4.69, 9.17) is 0 Å². The number of halogens is 6. The van der Waals surface area contributed by atoms with E-state index in [-0.39, 0.29) is 6.42 Å². The Balaban J connectivity index is 4.28. The molecule has 0 aromatic carbocycles. The van der Waals surface area contributed by atoms with E-state index in [9.17, 15) is 26.3 Å². The van der Waals surface area contributed by atoms with Crippen LogP contribution < -0.4 is 0 Å². The third-order valence-corrected chi connectivity index (χ3v) is 2.21. The van der Waals surface area contributed by atoms with Crippen molar-refractivity contribution in [3.8, 4) is 0 Å². The van der Waals surface area contributed by atoms with Crippen molar-refractivity contribution in [3.63, 3.8) is 0 Å². The molecule has 0 nitrogen and oxygen atoms in total. The van der Waals surface area contributed by atoms with Gasteiger partial charge in [0.05, 0.1) is 0 Å². The van der Waals surface area contributed by atoms with Gasteiger partial charge in [0, 0.05) is 0 Å². The first-order chi connectivity index (χ1) is 6.75. The first-order valence-electron chi connectivity index (χ1n) is 4.79. The Kier molecular flexibility index (Phi) is 5.45. The second kappa shape index (κ2) is 5.61. The minimum atomic E-state index is -5.49. The Morgan fingerprint density at radius 3 is 1.80 bits per heavy atom. The molecule has 0 aliphatic rings. The maximum atomic E-state index is 13.0. The molecule has 0 saturated carbocycles. The third-order valence-electron chi connectivity index (χ3n) is 2.21. The number of hydrogen-bond acceptors (Lipinski definition) is 0. The summed E-state index contributed by atoms with van der Waals surface area (Å²) in [6.07, 6.45) is -9.13. The zero-order valence-corrected chi connectivity index (χ0v) is 8.38. The van der Waals surface area contributed by atoms with Gasteiger partial charge in [-0.25, -0.2) is 13.2 Å². The second-order valence-corrected chi connectivity index (χ2v) is 3.47. The molecule has 0 aliphatic carbocycles. The van der Waals surface area contributed by atoms with Crippen molar-refractivity contribution in [2.24, 2.45) is 0 Å². The highest BCUT2D eigenvalue weighted by molar-refractivity contribution is 4.89. The van der Waals surface area contributed by atoms with Crippen LogP contribution in [0.3, 0.4) is 0 Å². The topological polar surface area (TPSA) is 0 Å². The molecule has 6 heteroatoms. The molecule has 0 radical (unpaired) electrons. The summed E-state index contributed by atoms with van der Waals surface area (Å²) in [7, 11) is 0. The molecule has 0 N–H and O–H groups in total. The van der Waals surface area contributed by atoms with E-state index < -0.39 is 24.7 Å². The Bertz CT molecular complexity index is 176. The molecule has 0 saturated heterocycles. The summed E-state index contributed by atoms with van der Waals surface area (Å²) >= 11 is 0. The molecule has 0 heterocycles. The number of rotatable bonds is 6. The van der Waals surface area contributed by atoms with E-state index in [2.05, 4.69) is 0 Å². The molecule has 0 aromatic heterocycles. The van der Waals surface area contributed by atoms with Gasteiger partial charge in [0.2, 0.25) is 0 Å². The summed E-state index contributed by atoms with van der Waals surface area (Å²) in [5.74, 6) is 0. The highest BCUT2D eigenvalue weighted by atomic mass is 19.4. The Labute approximate surface area is 84.7 Å². The van der Waals surface area contributed by atoms with Gasteiger partial charge in [-0.1, -0.05) is 26.2 Å². The standard InChI is InChI=1S/C9H14F6/c1-2-3-4-5-6-8(12,7(10)11)9(13,14)15/h7H,2-6H2,1H3. The molecular formula is C9H14F6. The van der Waals surface area contributed by atoms with Gasteiger partial charge in [-0.3, -0.25) is 0 Å². The van der Waals surface area contributed by atoms with E-state index in [0.717, 1.165) is 6.42 Å². The monoisotopic (exact) mass is 236 g/mol. The summed E-state index contributed by atoms with van der Waals surface area (Å²) in [6, 6.07) is 0. The van der Waals surface area contributed by atoms with Crippen LogP contribution >= 0.6 is 0 Å². The van der Waals surface area contributed by atoms with Crippen molar-refractivity contribution in [1.29, 1.82) is 0 Å². The normalized spacial score (nSPS) is 16.8. The van der Waals surface area contributed by atoms with E-state index in [1.54, 1.807) is 0 Å². The maximum absolute atomic E-state index is 13.0. The molecule has 0 bridgehead atoms. The van der Waals surface area contributed by atoms with E-state index in [1.807, 2.05) is 6.92 Å². The lowest BCUT2D eigenvalue weighted by Crippen LogP contribution is -2.47. The molecule has 0 fully saturated rings. The van der Waals surface area contributed by atoms with E-state index in [1.165, 1.54) is 0 Å². The van der Waals surface area contributed by atoms with Gasteiger partial charge in [-0.05, 0) is 12.8 Å². The maximum Gasteiger partial charge on any atom is 0.428 e. The van der Waals surface area contributed by atoms with E-state index in [0.29, 0.717) is 12.8 Å². The van der Waals surface area contributed by atoms with Crippen LogP contribution in [0.2, 0.25) is 0 Å². The SMILES string of the molecule is CCCCCCC(F)(C(F)F)C(F)(F)F. The third kappa shape index (κ3) is 3.91. The van der Waals surface area contributed by atoms with Crippen LogP contribution in [-0.2, 0) is 0 Å². The Morgan fingerprint density at radius 1 is 0.933 bits per heavy atom. The van der Waals surface area contributed by atoms with Crippen molar-refractivity contribution in [3.05, 3.63) is 0 Å². The van der Waals surface area contributed by atoms with Crippen LogP contribution in [0.15, 0.2) is 0 Å². The van der Waals surface area contributed by atoms with Crippen LogP contribution in [0, 0.1) is 0 Å². The minimum absolute atomic E-state index is 0.172. The van der Waals surface area contributed by atoms with Gasteiger partial charge in [0.1, 0.15) is 0 Å². The second-order valence-electron chi connectivity index (χ2n) is 3.47. The average Bonchev–Trinajstić information content (AvgIpc) is 2.09. The molecule has 0 amide bonds. The molecule has 0 aromatic rings. The van der Waals surface area contributed by atoms with Gasteiger partial charge in [0.15, 0.2) is 0 Å². The quantitative estimate of drug-likeness (QED) is 0.470. The number of alkyl halides is 6. The molecule has 92 valence electrons. The number of unbranched alkanes of at least 4 members (excludes halogenated alkanes) is 3. The fourth-order valence-electron chi connectivity index (χ4n) is 1.18. The molecule has 0 aliphatic heterocycles. The highest BCUT2D eigenvalue weighted by Gasteiger charge is 2.61. The smallest absolute Gasteiger partial charge is 0.227 e. The minimum Gasteiger partial charge on any atom is -0.227 e. The van der Waals surface area contributed by atoms with Crippen molar-refractivity contribution in [2.45, 2.75) is 57.3 Å². The molecule has 0 spiro atoms. The lowest BCUT2D eigenvalue weighted by molar-refractivity contribution is -0.270. The van der Waals surface area contributed by atoms with Crippen molar-refractivity contribution in [2.75, 3.05) is 0 Å². The average molecular weight is 236 g/mol. The van der Waals surface area contributed by atoms with Gasteiger partial charge >= 0.3 is 6.18 Å². The first kappa shape index (κ1) is 14.6. The summed E-state index contributed by atoms with van der Waals surface area (Å²) in [5.41, 5.74) is -4.35. The molecular weight excluding hydrogens is 222 g/mol. The summed E-state index contributed by atoms with van der Waals surface area (Å²) in [5, 5.41) is 0. The van der Waals surface area contributed by atoms with Crippen molar-refractivity contribution < 1.29 is 26.3 Å². The van der Waals surface area contributed by atoms with Crippen LogP contribution in [-0.4, -0.2) is 18.3 Å². The van der Waals surface area contributed by atoms with E-state index >= 15 is 0 Å². The molecule has 15 heavy (non-hydrogen) atoms. The highest BCUT2D eigenvalue weighted by Crippen LogP contribution is 2.42. The lowest BCUT2D eigenvalue weighted by atomic mass is 9.97. The van der Waals surface area contributed by atoms with Crippen LogP contribution in [0.5, 0.6) is 0 Å². The predicted octanol–water partition coefficient (Wildman–Crippen LogP) is 4.49. The van der Waals surface area contributed by atoms with Crippen LogP contribution in [0.4, 0.5) is 26.3 Å². The summed E-state index contributed by atoms with van der Waals surface area (Å²) in [6.45, 7) is 1.82. The fraction of sp³-hybridized carbons (Fsp3) is 1.00. The van der Waals surface area contributed by atoms with Gasteiger partial charge in [-0.15, -0.1) is 0 Å². The predicted molar refractivity (Wildman–Crippen MR) is 44.7 cm³/mol. The van der Waals surface area contributed by atoms with Crippen LogP contribution in [0.1, 0.15) is 39.0 Å². The van der Waals surface area contributed by atoms with Crippen molar-refractivity contribution >= 4 is 0 Å². The Morgan fingerprint density at radius 2 is 1.47 bits per heavy atom. The fourth-order valence-corrected chi connectivity index (χ4v) is 1.18. The first-order valence-corrected chi connectivity index (χ1v) is 4.79. The largest absolute Gasteiger partial charge is 0.428 e. The zero-order chi connectivity index (χ0) is 12.1. The van der Waals surface area contributed by atoms with Gasteiger partial charge in [0.25, 0.3) is 12.1 Å². The van der Waals surface area contributed by atoms with Gasteiger partial charge in [-0.2, -0.15) is 13.2 Å². The Hall–Kier alpha value is -0.420. The lowest BCUT2D eigenvalue weighted by Gasteiger charge is -2.26. The molecule has 0 rings (SSSR count). The zero-order valence-electron chi connectivity index (χ0n) is 8.38. The summed E-state index contributed by atoms with van der Waals surface area (Å²) in [4.78, 5) is 0. The summed E-state index contributed by atoms with van der Waals surface area (Å²) < 4.78 is 73.0. The number of hydrogen-bond donors (Lipinski definition) is 0. The molecule has 1 atom stereocenters. The molecule has 1 unspecified atom stereocenters. The van der Waals surface area contributed by atoms with Crippen molar-refractivity contribution in [1.82, 2.24) is 0 Å².